The van der Waals surface area contributed by atoms with E-state index >= 15 is 0 Å². The van der Waals surface area contributed by atoms with Gasteiger partial charge < -0.3 is 0 Å². The van der Waals surface area contributed by atoms with Crippen LogP contribution in [0.25, 0.3) is 11.1 Å². The molecule has 24 heavy (non-hydrogen) atoms. The minimum absolute atomic E-state index is 0. The first-order chi connectivity index (χ1) is 10.6. The molecule has 0 radical (unpaired) electrons. The first-order valence-corrected chi connectivity index (χ1v) is 8.80. The molecule has 0 spiro atoms. The van der Waals surface area contributed by atoms with Crippen LogP contribution in [0.3, 0.4) is 0 Å². The molecule has 1 aromatic heterocycles. The summed E-state index contributed by atoms with van der Waals surface area (Å²) in [5.41, 5.74) is 10.9. The van der Waals surface area contributed by atoms with Gasteiger partial charge in [-0.25, -0.2) is 0 Å². The average Bonchev–Trinajstić information content (AvgIpc) is 2.74. The Bertz CT molecular complexity index is 698. The molecule has 1 aromatic carbocycles. The second-order valence-electron chi connectivity index (χ2n) is 7.68. The van der Waals surface area contributed by atoms with Gasteiger partial charge in [0.05, 0.1) is 5.69 Å². The summed E-state index contributed by atoms with van der Waals surface area (Å²) in [6, 6.07) is 2.70. The van der Waals surface area contributed by atoms with Crippen molar-refractivity contribution in [2.24, 2.45) is 5.92 Å². The number of rotatable bonds is 4. The first kappa shape index (κ1) is 21.2. The Morgan fingerprint density at radius 2 is 1.38 bits per heavy atom. The summed E-state index contributed by atoms with van der Waals surface area (Å²) in [5, 5.41) is 4.90. The van der Waals surface area contributed by atoms with Crippen LogP contribution in [0.4, 0.5) is 0 Å². The predicted octanol–water partition coefficient (Wildman–Crippen LogP) is 5.87. The van der Waals surface area contributed by atoms with Gasteiger partial charge in [0.1, 0.15) is 0 Å². The Hall–Kier alpha value is -0.882. The van der Waals surface area contributed by atoms with Crippen molar-refractivity contribution in [2.75, 3.05) is 0 Å². The van der Waals surface area contributed by atoms with Gasteiger partial charge in [-0.3, -0.25) is 4.68 Å². The minimum Gasteiger partial charge on any atom is -0.266 e. The molecule has 0 aliphatic carbocycles. The summed E-state index contributed by atoms with van der Waals surface area (Å²) in [6.45, 7) is 20.1. The van der Waals surface area contributed by atoms with E-state index in [0.717, 1.165) is 12.1 Å². The van der Waals surface area contributed by atoms with Gasteiger partial charge in [-0.2, -0.15) is 5.10 Å². The number of aryl methyl sites for hydroxylation is 3. The van der Waals surface area contributed by atoms with Crippen molar-refractivity contribution in [1.29, 1.82) is 0 Å². The van der Waals surface area contributed by atoms with Crippen molar-refractivity contribution in [1.82, 2.24) is 9.78 Å². The van der Waals surface area contributed by atoms with E-state index in [-0.39, 0.29) is 21.1 Å². The van der Waals surface area contributed by atoms with Gasteiger partial charge in [0.25, 0.3) is 0 Å². The Balaban J connectivity index is 0.00000288. The molecule has 0 aliphatic rings. The smallest absolute Gasteiger partial charge is 0.0675 e. The van der Waals surface area contributed by atoms with Crippen molar-refractivity contribution in [3.8, 4) is 11.1 Å². The Labute approximate surface area is 162 Å². The van der Waals surface area contributed by atoms with Crippen LogP contribution in [0.1, 0.15) is 67.4 Å². The fourth-order valence-corrected chi connectivity index (χ4v) is 3.52. The van der Waals surface area contributed by atoms with Crippen molar-refractivity contribution >= 4 is 0 Å². The maximum atomic E-state index is 4.90. The average molecular weight is 508 g/mol. The number of aromatic nitrogens is 2. The molecule has 0 aliphatic heterocycles. The van der Waals surface area contributed by atoms with Crippen LogP contribution < -0.4 is 0 Å². The summed E-state index contributed by atoms with van der Waals surface area (Å²) in [6.07, 6.45) is 1.07. The third-order valence-corrected chi connectivity index (χ3v) is 4.89. The van der Waals surface area contributed by atoms with Gasteiger partial charge in [-0.1, -0.05) is 19.9 Å². The zero-order valence-corrected chi connectivity index (χ0v) is 18.9. The summed E-state index contributed by atoms with van der Waals surface area (Å²) in [4.78, 5) is 0. The molecule has 0 amide bonds. The minimum atomic E-state index is 0. The number of hydrogen-bond acceptors (Lipinski definition) is 1. The first-order valence-electron chi connectivity index (χ1n) is 8.80. The molecule has 136 valence electrons. The molecule has 3 heteroatoms. The van der Waals surface area contributed by atoms with E-state index in [1.165, 1.54) is 39.1 Å². The maximum absolute atomic E-state index is 4.90. The normalized spacial score (nSPS) is 11.3. The molecule has 0 unspecified atom stereocenters. The van der Waals surface area contributed by atoms with Gasteiger partial charge in [0.15, 0.2) is 0 Å². The molecule has 0 bridgehead atoms. The fourth-order valence-electron chi connectivity index (χ4n) is 3.52. The SMILES string of the molecule is Cc1cc(C)c(C)c(-c2c(C)nn(C(C)C)c2CC(C)C)c1C.[Pt]. The molecule has 0 fully saturated rings. The quantitative estimate of drug-likeness (QED) is 0.506. The molecule has 2 aromatic rings. The Kier molecular flexibility index (Phi) is 7.05. The van der Waals surface area contributed by atoms with Crippen LogP contribution in [-0.4, -0.2) is 9.78 Å². The zero-order chi connectivity index (χ0) is 17.5. The molecule has 0 atom stereocenters. The van der Waals surface area contributed by atoms with E-state index < -0.39 is 0 Å². The van der Waals surface area contributed by atoms with Crippen molar-refractivity contribution in [3.05, 3.63) is 39.7 Å². The van der Waals surface area contributed by atoms with Gasteiger partial charge in [0.2, 0.25) is 0 Å². The van der Waals surface area contributed by atoms with Gasteiger partial charge in [-0.05, 0) is 88.6 Å². The summed E-state index contributed by atoms with van der Waals surface area (Å²) >= 11 is 0. The largest absolute Gasteiger partial charge is 0.266 e. The van der Waals surface area contributed by atoms with E-state index in [9.17, 15) is 0 Å². The van der Waals surface area contributed by atoms with Crippen LogP contribution in [-0.2, 0) is 27.5 Å². The topological polar surface area (TPSA) is 17.8 Å². The van der Waals surface area contributed by atoms with E-state index in [1.54, 1.807) is 0 Å². The Morgan fingerprint density at radius 3 is 1.79 bits per heavy atom. The maximum Gasteiger partial charge on any atom is 0.0675 e. The molecule has 1 heterocycles. The summed E-state index contributed by atoms with van der Waals surface area (Å²) < 4.78 is 2.24. The molecule has 0 saturated heterocycles. The Morgan fingerprint density at radius 1 is 0.875 bits per heavy atom. The summed E-state index contributed by atoms with van der Waals surface area (Å²) in [7, 11) is 0. The van der Waals surface area contributed by atoms with Crippen molar-refractivity contribution < 1.29 is 21.1 Å². The molecule has 2 nitrogen and oxygen atoms in total. The second-order valence-corrected chi connectivity index (χ2v) is 7.68. The van der Waals surface area contributed by atoms with Crippen molar-refractivity contribution in [3.63, 3.8) is 0 Å². The molecular formula is C21H32N2Pt. The third kappa shape index (κ3) is 3.85. The second kappa shape index (κ2) is 8.00. The standard InChI is InChI=1S/C21H32N2.Pt/c1-12(2)10-19-21(18(9)22-23(19)13(3)4)20-16(7)14(5)11-15(6)17(20)8;/h11-13H,10H2,1-9H3;. The van der Waals surface area contributed by atoms with Gasteiger partial charge in [-0.15, -0.1) is 0 Å². The number of hydrogen-bond donors (Lipinski definition) is 0. The number of benzene rings is 1. The molecule has 2 rings (SSSR count). The summed E-state index contributed by atoms with van der Waals surface area (Å²) in [5.74, 6) is 0.619. The number of nitrogens with zero attached hydrogens (tertiary/aromatic N) is 2. The van der Waals surface area contributed by atoms with Crippen molar-refractivity contribution in [2.45, 2.75) is 74.8 Å². The molecule has 0 N–H and O–H groups in total. The van der Waals surface area contributed by atoms with Gasteiger partial charge in [0, 0.05) is 38.4 Å². The van der Waals surface area contributed by atoms with Crippen LogP contribution in [0.2, 0.25) is 0 Å². The van der Waals surface area contributed by atoms with Gasteiger partial charge >= 0.3 is 0 Å². The zero-order valence-electron chi connectivity index (χ0n) is 16.6. The monoisotopic (exact) mass is 507 g/mol. The fraction of sp³-hybridized carbons (Fsp3) is 0.571. The molecule has 0 saturated carbocycles. The van der Waals surface area contributed by atoms with Crippen LogP contribution >= 0.6 is 0 Å². The van der Waals surface area contributed by atoms with E-state index in [4.69, 9.17) is 5.10 Å². The molecular weight excluding hydrogens is 475 g/mol. The van der Waals surface area contributed by atoms with Crippen LogP contribution in [0, 0.1) is 40.5 Å². The van der Waals surface area contributed by atoms with E-state index in [0.29, 0.717) is 12.0 Å². The third-order valence-electron chi connectivity index (χ3n) is 4.89. The van der Waals surface area contributed by atoms with Crippen LogP contribution in [0.5, 0.6) is 0 Å². The predicted molar refractivity (Wildman–Crippen MR) is 100 cm³/mol. The van der Waals surface area contributed by atoms with E-state index in [2.05, 4.69) is 73.1 Å². The van der Waals surface area contributed by atoms with Crippen LogP contribution in [0.15, 0.2) is 6.07 Å². The van der Waals surface area contributed by atoms with E-state index in [1.807, 2.05) is 0 Å².